The van der Waals surface area contributed by atoms with Gasteiger partial charge in [-0.3, -0.25) is 0 Å². The molecular formula is C9H16N2O. The summed E-state index contributed by atoms with van der Waals surface area (Å²) in [5.74, 6) is 1.61. The highest BCUT2D eigenvalue weighted by Gasteiger charge is 2.02. The second-order valence-electron chi connectivity index (χ2n) is 3.39. The first-order valence-electron chi connectivity index (χ1n) is 4.30. The summed E-state index contributed by atoms with van der Waals surface area (Å²) in [5, 5.41) is 3.29. The van der Waals surface area contributed by atoms with Gasteiger partial charge in [0, 0.05) is 0 Å². The third kappa shape index (κ3) is 2.66. The van der Waals surface area contributed by atoms with E-state index in [0.29, 0.717) is 5.92 Å². The summed E-state index contributed by atoms with van der Waals surface area (Å²) in [4.78, 5) is 4.01. The van der Waals surface area contributed by atoms with E-state index in [1.807, 2.05) is 6.92 Å². The molecule has 1 aromatic rings. The van der Waals surface area contributed by atoms with Gasteiger partial charge < -0.3 is 9.73 Å². The van der Waals surface area contributed by atoms with Gasteiger partial charge >= 0.3 is 0 Å². The van der Waals surface area contributed by atoms with Crippen molar-refractivity contribution in [2.45, 2.75) is 27.3 Å². The molecule has 0 aliphatic heterocycles. The molecular weight excluding hydrogens is 152 g/mol. The van der Waals surface area contributed by atoms with Gasteiger partial charge in [0.05, 0.1) is 12.2 Å². The second-order valence-corrected chi connectivity index (χ2v) is 3.39. The van der Waals surface area contributed by atoms with Crippen molar-refractivity contribution in [1.82, 2.24) is 10.3 Å². The molecule has 0 spiro atoms. The molecule has 0 aliphatic rings. The molecule has 1 heterocycles. The Kier molecular flexibility index (Phi) is 3.29. The first kappa shape index (κ1) is 9.26. The van der Waals surface area contributed by atoms with Crippen LogP contribution in [0.2, 0.25) is 0 Å². The Hall–Kier alpha value is -0.830. The number of oxazole rings is 1. The van der Waals surface area contributed by atoms with Crippen LogP contribution in [0, 0.1) is 12.8 Å². The van der Waals surface area contributed by atoms with E-state index < -0.39 is 0 Å². The maximum absolute atomic E-state index is 5.17. The largest absolute Gasteiger partial charge is 0.447 e. The molecule has 1 aromatic heterocycles. The van der Waals surface area contributed by atoms with Crippen LogP contribution in [0.3, 0.4) is 0 Å². The Balaban J connectivity index is 2.29. The number of aryl methyl sites for hydroxylation is 1. The fraction of sp³-hybridized carbons (Fsp3) is 0.667. The lowest BCUT2D eigenvalue weighted by Crippen LogP contribution is -2.19. The molecule has 1 rings (SSSR count). The van der Waals surface area contributed by atoms with Crippen LogP contribution < -0.4 is 5.32 Å². The Morgan fingerprint density at radius 3 is 2.83 bits per heavy atom. The van der Waals surface area contributed by atoms with Gasteiger partial charge in [-0.15, -0.1) is 0 Å². The molecule has 12 heavy (non-hydrogen) atoms. The molecule has 3 nitrogen and oxygen atoms in total. The maximum Gasteiger partial charge on any atom is 0.181 e. The molecule has 0 atom stereocenters. The van der Waals surface area contributed by atoms with Crippen LogP contribution in [0.25, 0.3) is 0 Å². The van der Waals surface area contributed by atoms with Crippen molar-refractivity contribution in [3.63, 3.8) is 0 Å². The van der Waals surface area contributed by atoms with Gasteiger partial charge in [0.15, 0.2) is 6.39 Å². The highest BCUT2D eigenvalue weighted by Crippen LogP contribution is 2.03. The third-order valence-electron chi connectivity index (χ3n) is 1.68. The zero-order valence-corrected chi connectivity index (χ0v) is 7.92. The molecule has 0 aromatic carbocycles. The topological polar surface area (TPSA) is 38.1 Å². The van der Waals surface area contributed by atoms with E-state index >= 15 is 0 Å². The van der Waals surface area contributed by atoms with E-state index in [1.165, 1.54) is 6.39 Å². The molecule has 0 saturated heterocycles. The van der Waals surface area contributed by atoms with Gasteiger partial charge in [-0.1, -0.05) is 13.8 Å². The van der Waals surface area contributed by atoms with Crippen molar-refractivity contribution in [2.75, 3.05) is 6.54 Å². The minimum absolute atomic E-state index is 0.674. The number of nitrogens with one attached hydrogen (secondary N) is 1. The summed E-state index contributed by atoms with van der Waals surface area (Å²) in [6.07, 6.45) is 1.49. The number of aromatic nitrogens is 1. The average molecular weight is 168 g/mol. The van der Waals surface area contributed by atoms with Gasteiger partial charge in [0.25, 0.3) is 0 Å². The number of hydrogen-bond donors (Lipinski definition) is 1. The second kappa shape index (κ2) is 4.26. The Morgan fingerprint density at radius 2 is 2.33 bits per heavy atom. The van der Waals surface area contributed by atoms with Crippen molar-refractivity contribution in [3.05, 3.63) is 17.8 Å². The third-order valence-corrected chi connectivity index (χ3v) is 1.68. The molecule has 0 bridgehead atoms. The zero-order chi connectivity index (χ0) is 8.97. The van der Waals surface area contributed by atoms with Crippen LogP contribution in [0.15, 0.2) is 10.8 Å². The molecule has 3 heteroatoms. The lowest BCUT2D eigenvalue weighted by molar-refractivity contribution is 0.460. The summed E-state index contributed by atoms with van der Waals surface area (Å²) >= 11 is 0. The van der Waals surface area contributed by atoms with E-state index in [4.69, 9.17) is 4.42 Å². The van der Waals surface area contributed by atoms with E-state index in [-0.39, 0.29) is 0 Å². The van der Waals surface area contributed by atoms with Crippen LogP contribution in [0.5, 0.6) is 0 Å². The maximum atomic E-state index is 5.17. The van der Waals surface area contributed by atoms with Gasteiger partial charge in [-0.25, -0.2) is 4.98 Å². The predicted octanol–water partition coefficient (Wildman–Crippen LogP) is 1.73. The quantitative estimate of drug-likeness (QED) is 0.744. The van der Waals surface area contributed by atoms with Crippen LogP contribution >= 0.6 is 0 Å². The number of rotatable bonds is 4. The molecule has 68 valence electrons. The highest BCUT2D eigenvalue weighted by molar-refractivity contribution is 5.03. The minimum Gasteiger partial charge on any atom is -0.447 e. The number of hydrogen-bond acceptors (Lipinski definition) is 3. The van der Waals surface area contributed by atoms with E-state index in [0.717, 1.165) is 24.5 Å². The Labute approximate surface area is 73.2 Å². The Morgan fingerprint density at radius 1 is 1.58 bits per heavy atom. The fourth-order valence-electron chi connectivity index (χ4n) is 0.970. The van der Waals surface area contributed by atoms with Crippen molar-refractivity contribution in [2.24, 2.45) is 5.92 Å². The van der Waals surface area contributed by atoms with Crippen LogP contribution in [0.1, 0.15) is 25.3 Å². The summed E-state index contributed by atoms with van der Waals surface area (Å²) in [6.45, 7) is 8.11. The van der Waals surface area contributed by atoms with Gasteiger partial charge in [-0.05, 0) is 19.4 Å². The van der Waals surface area contributed by atoms with E-state index in [2.05, 4.69) is 24.1 Å². The first-order chi connectivity index (χ1) is 5.70. The standard InChI is InChI=1S/C9H16N2O/c1-7(2)4-10-5-9-8(3)11-6-12-9/h6-7,10H,4-5H2,1-3H3. The average Bonchev–Trinajstić information content (AvgIpc) is 2.36. The van der Waals surface area contributed by atoms with Gasteiger partial charge in [-0.2, -0.15) is 0 Å². The summed E-state index contributed by atoms with van der Waals surface area (Å²) in [7, 11) is 0. The number of nitrogens with zero attached hydrogens (tertiary/aromatic N) is 1. The van der Waals surface area contributed by atoms with Crippen molar-refractivity contribution < 1.29 is 4.42 Å². The van der Waals surface area contributed by atoms with Gasteiger partial charge in [0.1, 0.15) is 5.76 Å². The van der Waals surface area contributed by atoms with Crippen molar-refractivity contribution in [3.8, 4) is 0 Å². The summed E-state index contributed by atoms with van der Waals surface area (Å²) in [6, 6.07) is 0. The SMILES string of the molecule is Cc1ncoc1CNCC(C)C. The molecule has 0 amide bonds. The Bertz CT molecular complexity index is 230. The first-order valence-corrected chi connectivity index (χ1v) is 4.30. The van der Waals surface area contributed by atoms with E-state index in [9.17, 15) is 0 Å². The summed E-state index contributed by atoms with van der Waals surface area (Å²) < 4.78 is 5.17. The smallest absolute Gasteiger partial charge is 0.181 e. The van der Waals surface area contributed by atoms with Gasteiger partial charge in [0.2, 0.25) is 0 Å². The highest BCUT2D eigenvalue weighted by atomic mass is 16.3. The van der Waals surface area contributed by atoms with Crippen LogP contribution in [0.4, 0.5) is 0 Å². The predicted molar refractivity (Wildman–Crippen MR) is 47.8 cm³/mol. The molecule has 0 radical (unpaired) electrons. The summed E-state index contributed by atoms with van der Waals surface area (Å²) in [5.41, 5.74) is 0.978. The molecule has 0 saturated carbocycles. The van der Waals surface area contributed by atoms with Crippen LogP contribution in [-0.4, -0.2) is 11.5 Å². The van der Waals surface area contributed by atoms with Crippen molar-refractivity contribution >= 4 is 0 Å². The minimum atomic E-state index is 0.674. The molecule has 0 unspecified atom stereocenters. The lowest BCUT2D eigenvalue weighted by Gasteiger charge is -2.04. The van der Waals surface area contributed by atoms with Crippen molar-refractivity contribution in [1.29, 1.82) is 0 Å². The van der Waals surface area contributed by atoms with Crippen LogP contribution in [-0.2, 0) is 6.54 Å². The molecule has 0 aliphatic carbocycles. The molecule has 0 fully saturated rings. The monoisotopic (exact) mass is 168 g/mol. The fourth-order valence-corrected chi connectivity index (χ4v) is 0.970. The zero-order valence-electron chi connectivity index (χ0n) is 7.92. The normalized spacial score (nSPS) is 11.0. The van der Waals surface area contributed by atoms with E-state index in [1.54, 1.807) is 0 Å². The molecule has 1 N–H and O–H groups in total. The lowest BCUT2D eigenvalue weighted by atomic mass is 10.2.